The van der Waals surface area contributed by atoms with E-state index in [9.17, 15) is 0 Å². The summed E-state index contributed by atoms with van der Waals surface area (Å²) in [6.45, 7) is 0. The van der Waals surface area contributed by atoms with E-state index in [1.165, 1.54) is 220 Å². The van der Waals surface area contributed by atoms with Gasteiger partial charge in [0.2, 0.25) is 0 Å². The van der Waals surface area contributed by atoms with Crippen molar-refractivity contribution in [2.24, 2.45) is 0 Å². The second-order valence-electron chi connectivity index (χ2n) is 32.0. The van der Waals surface area contributed by atoms with Gasteiger partial charge < -0.3 is 0 Å². The maximum atomic E-state index is 2.36. The normalized spacial score (nSPS) is 11.7. The summed E-state index contributed by atoms with van der Waals surface area (Å²) < 4.78 is 0. The summed E-state index contributed by atoms with van der Waals surface area (Å²) in [5, 5.41) is 19.9. The molecule has 0 N–H and O–H groups in total. The molecule has 580 valence electrons. The number of benzene rings is 22. The van der Waals surface area contributed by atoms with Crippen LogP contribution in [0.3, 0.4) is 0 Å². The van der Waals surface area contributed by atoms with Crippen LogP contribution in [0.25, 0.3) is 224 Å². The Bertz CT molecular complexity index is 7900. The molecule has 22 aromatic rings. The van der Waals surface area contributed by atoms with Crippen molar-refractivity contribution in [3.8, 4) is 89.0 Å². The van der Waals surface area contributed by atoms with E-state index in [2.05, 4.69) is 510 Å². The van der Waals surface area contributed by atoms with Crippen molar-refractivity contribution < 1.29 is 0 Å². The molecule has 0 unspecified atom stereocenters. The van der Waals surface area contributed by atoms with Crippen molar-refractivity contribution in [3.63, 3.8) is 0 Å². The largest absolute Gasteiger partial charge is 0.0622 e. The van der Waals surface area contributed by atoms with Crippen LogP contribution in [-0.4, -0.2) is 0 Å². The molecule has 0 amide bonds. The standard InChI is InChI=1S/C64H44.C60H40/c1-3-14-45(15-4-1)28-30-47-18-11-22-54(42-47)50-32-37-52(38-33-50)62-59-24-9-10-25-60(59)63(64-58(26-13-27-61(62)64)57-41-36-49-20-7-8-21-56(49)44-57)53-39-34-51(35-40-53)55-23-12-19-48(43-55)31-29-46-16-5-2-6-17-46;1-3-16-41(17-4-1)30-32-44-36-38-55(51-24-11-9-22-48(44)51)58-53-26-13-14-27-54(53)60(59-50(28-15-29-57(58)59)47-35-34-43-20-7-8-21-46(43)40-47)56-39-37-45(49-23-10-12-25-52(49)56)33-31-42-18-5-2-6-19-42/h1-44H;1-40H/b30-28+,31-29+;32-30+,33-31+. The molecule has 0 nitrogen and oxygen atoms in total. The molecule has 0 aliphatic rings. The van der Waals surface area contributed by atoms with Gasteiger partial charge in [-0.05, 0) is 244 Å². The topological polar surface area (TPSA) is 0 Å². The molecule has 0 heterocycles. The average Bonchev–Trinajstić information content (AvgIpc) is 0.714. The molecule has 22 rings (SSSR count). The van der Waals surface area contributed by atoms with Crippen LogP contribution in [0.15, 0.2) is 461 Å². The molecule has 22 aromatic carbocycles. The van der Waals surface area contributed by atoms with Gasteiger partial charge in [0.1, 0.15) is 0 Å². The maximum absolute atomic E-state index is 2.36. The predicted molar refractivity (Wildman–Crippen MR) is 538 cm³/mol. The van der Waals surface area contributed by atoms with E-state index in [4.69, 9.17) is 0 Å². The Morgan fingerprint density at radius 2 is 0.411 bits per heavy atom. The summed E-state index contributed by atoms with van der Waals surface area (Å²) in [5.41, 5.74) is 29.0. The Hall–Kier alpha value is -16.1. The number of hydrogen-bond acceptors (Lipinski definition) is 0. The monoisotopic (exact) mass is 1570 g/mol. The molecule has 0 saturated heterocycles. The van der Waals surface area contributed by atoms with Gasteiger partial charge in [-0.1, -0.05) is 485 Å². The van der Waals surface area contributed by atoms with Gasteiger partial charge >= 0.3 is 0 Å². The van der Waals surface area contributed by atoms with E-state index in [1.54, 1.807) is 0 Å². The molecule has 0 fully saturated rings. The molecule has 0 aromatic heterocycles. The van der Waals surface area contributed by atoms with Crippen molar-refractivity contribution in [1.29, 1.82) is 0 Å². The first-order chi connectivity index (χ1) is 61.5. The zero-order valence-corrected chi connectivity index (χ0v) is 68.5. The van der Waals surface area contributed by atoms with Crippen molar-refractivity contribution >= 4 is 135 Å². The zero-order chi connectivity index (χ0) is 82.5. The minimum Gasteiger partial charge on any atom is -0.0622 e. The molecular weight excluding hydrogens is 1490 g/mol. The molecule has 0 aliphatic carbocycles. The second-order valence-corrected chi connectivity index (χ2v) is 32.0. The van der Waals surface area contributed by atoms with Gasteiger partial charge in [0.15, 0.2) is 0 Å². The molecule has 124 heavy (non-hydrogen) atoms. The van der Waals surface area contributed by atoms with Gasteiger partial charge in [-0.3, -0.25) is 0 Å². The van der Waals surface area contributed by atoms with Crippen LogP contribution in [0, 0.1) is 0 Å². The summed E-state index contributed by atoms with van der Waals surface area (Å²) in [6, 6.07) is 168. The summed E-state index contributed by atoms with van der Waals surface area (Å²) >= 11 is 0. The fourth-order valence-corrected chi connectivity index (χ4v) is 18.5. The van der Waals surface area contributed by atoms with Crippen LogP contribution in [0.1, 0.15) is 44.5 Å². The zero-order valence-electron chi connectivity index (χ0n) is 68.5. The number of rotatable bonds is 16. The van der Waals surface area contributed by atoms with Crippen LogP contribution in [0.2, 0.25) is 0 Å². The van der Waals surface area contributed by atoms with Crippen molar-refractivity contribution in [2.75, 3.05) is 0 Å². The summed E-state index contributed by atoms with van der Waals surface area (Å²) in [4.78, 5) is 0. The van der Waals surface area contributed by atoms with E-state index >= 15 is 0 Å². The van der Waals surface area contributed by atoms with E-state index in [0.717, 1.165) is 0 Å². The van der Waals surface area contributed by atoms with Crippen molar-refractivity contribution in [3.05, 3.63) is 506 Å². The smallest absolute Gasteiger partial charge is 0.00139 e. The highest BCUT2D eigenvalue weighted by molar-refractivity contribution is 6.29. The van der Waals surface area contributed by atoms with Gasteiger partial charge in [-0.15, -0.1) is 0 Å². The molecule has 0 aliphatic heterocycles. The molecule has 0 bridgehead atoms. The number of fused-ring (bicyclic) bond motifs is 8. The van der Waals surface area contributed by atoms with Gasteiger partial charge in [-0.25, -0.2) is 0 Å². The van der Waals surface area contributed by atoms with E-state index < -0.39 is 0 Å². The van der Waals surface area contributed by atoms with Gasteiger partial charge in [0.05, 0.1) is 0 Å². The summed E-state index contributed by atoms with van der Waals surface area (Å²) in [6.07, 6.45) is 17.7. The van der Waals surface area contributed by atoms with Gasteiger partial charge in [-0.2, -0.15) is 0 Å². The quantitative estimate of drug-likeness (QED) is 0.0668. The highest BCUT2D eigenvalue weighted by Crippen LogP contribution is 2.52. The fourth-order valence-electron chi connectivity index (χ4n) is 18.5. The molecule has 0 spiro atoms. The van der Waals surface area contributed by atoms with Crippen LogP contribution in [0.5, 0.6) is 0 Å². The highest BCUT2D eigenvalue weighted by atomic mass is 14.3. The van der Waals surface area contributed by atoms with Gasteiger partial charge in [0, 0.05) is 0 Å². The lowest BCUT2D eigenvalue weighted by Gasteiger charge is -2.22. The lowest BCUT2D eigenvalue weighted by atomic mass is 9.80. The minimum absolute atomic E-state index is 1.18. The summed E-state index contributed by atoms with van der Waals surface area (Å²) in [7, 11) is 0. The van der Waals surface area contributed by atoms with Crippen LogP contribution in [0.4, 0.5) is 0 Å². The lowest BCUT2D eigenvalue weighted by molar-refractivity contribution is 1.58. The molecule has 0 heteroatoms. The first-order valence-corrected chi connectivity index (χ1v) is 42.8. The van der Waals surface area contributed by atoms with Crippen molar-refractivity contribution in [1.82, 2.24) is 0 Å². The third-order valence-electron chi connectivity index (χ3n) is 24.5. The Balaban J connectivity index is 0.000000152. The van der Waals surface area contributed by atoms with E-state index in [0.29, 0.717) is 0 Å². The average molecular weight is 1570 g/mol. The third-order valence-corrected chi connectivity index (χ3v) is 24.5. The second kappa shape index (κ2) is 33.9. The Morgan fingerprint density at radius 3 is 0.855 bits per heavy atom. The maximum Gasteiger partial charge on any atom is -0.00139 e. The Kier molecular flexibility index (Phi) is 20.6. The van der Waals surface area contributed by atoms with E-state index in [1.807, 2.05) is 0 Å². The first-order valence-electron chi connectivity index (χ1n) is 42.8. The van der Waals surface area contributed by atoms with Crippen LogP contribution >= 0.6 is 0 Å². The Morgan fingerprint density at radius 1 is 0.121 bits per heavy atom. The highest BCUT2D eigenvalue weighted by Gasteiger charge is 2.25. The molecule has 0 radical (unpaired) electrons. The molecule has 0 atom stereocenters. The molecule has 0 saturated carbocycles. The summed E-state index contributed by atoms with van der Waals surface area (Å²) in [5.74, 6) is 0. The fraction of sp³-hybridized carbons (Fsp3) is 0. The third kappa shape index (κ3) is 15.1. The van der Waals surface area contributed by atoms with Crippen LogP contribution in [-0.2, 0) is 0 Å². The van der Waals surface area contributed by atoms with Gasteiger partial charge in [0.25, 0.3) is 0 Å². The van der Waals surface area contributed by atoms with Crippen molar-refractivity contribution in [2.45, 2.75) is 0 Å². The minimum atomic E-state index is 1.18. The van der Waals surface area contributed by atoms with Crippen LogP contribution < -0.4 is 0 Å². The Labute approximate surface area is 724 Å². The molecular formula is C124H84. The SMILES string of the molecule is C(=C\c1ccc(-c2c3ccccc3c(-c3ccc(/C=C/c4ccccc4)c4ccccc34)c3c(-c4ccc5ccccc5c4)cccc23)c2ccccc12)/c1ccccc1.C(=C\c1cccc(-c2ccc(-c3c4ccccc4c(-c4ccc(-c5cccc(/C=C/c6ccccc6)c5)cc4)c4c(-c5ccc6ccccc6c5)cccc34)cc2)c1)/c1ccccc1. The number of hydrogen-bond donors (Lipinski definition) is 0. The predicted octanol–water partition coefficient (Wildman–Crippen LogP) is 34.6. The lowest BCUT2D eigenvalue weighted by Crippen LogP contribution is -1.95. The first kappa shape index (κ1) is 75.4. The van der Waals surface area contributed by atoms with E-state index in [-0.39, 0.29) is 0 Å².